The maximum atomic E-state index is 13.4. The number of likely N-dealkylation sites (tertiary alicyclic amines) is 1. The number of piperidine rings is 1. The Morgan fingerprint density at radius 1 is 1.56 bits per heavy atom. The van der Waals surface area contributed by atoms with Gasteiger partial charge >= 0.3 is 6.09 Å². The second-order valence-electron chi connectivity index (χ2n) is 4.70. The van der Waals surface area contributed by atoms with Crippen LogP contribution in [0.2, 0.25) is 0 Å². The fourth-order valence-electron chi connectivity index (χ4n) is 2.46. The Morgan fingerprint density at radius 3 is 3.00 bits per heavy atom. The van der Waals surface area contributed by atoms with Gasteiger partial charge in [0.05, 0.1) is 0 Å². The maximum absolute atomic E-state index is 13.4. The van der Waals surface area contributed by atoms with Gasteiger partial charge < -0.3 is 15.4 Å². The van der Waals surface area contributed by atoms with Crippen molar-refractivity contribution in [3.63, 3.8) is 0 Å². The zero-order chi connectivity index (χ0) is 13.1. The van der Waals surface area contributed by atoms with Gasteiger partial charge in [-0.3, -0.25) is 0 Å². The summed E-state index contributed by atoms with van der Waals surface area (Å²) in [6.45, 7) is 1.87. The molecule has 0 bridgehead atoms. The molecule has 0 spiro atoms. The van der Waals surface area contributed by atoms with Gasteiger partial charge in [0.15, 0.2) is 0 Å². The lowest BCUT2D eigenvalue weighted by molar-refractivity contribution is 0.208. The monoisotopic (exact) mass is 252 g/mol. The molecular weight excluding hydrogens is 235 g/mol. The lowest BCUT2D eigenvalue weighted by atomic mass is 9.90. The van der Waals surface area contributed by atoms with E-state index in [1.165, 1.54) is 18.2 Å². The molecular formula is C13H17FN2O2. The normalized spacial score (nSPS) is 20.7. The number of primary amides is 1. The molecule has 1 heterocycles. The van der Waals surface area contributed by atoms with E-state index >= 15 is 0 Å². The fraction of sp³-hybridized carbons (Fsp3) is 0.462. The van der Waals surface area contributed by atoms with Crippen molar-refractivity contribution in [1.82, 2.24) is 4.90 Å². The number of nitrogens with two attached hydrogens (primary N) is 1. The molecule has 98 valence electrons. The van der Waals surface area contributed by atoms with Gasteiger partial charge in [-0.05, 0) is 44.6 Å². The van der Waals surface area contributed by atoms with Crippen LogP contribution in [0.3, 0.4) is 0 Å². The maximum Gasteiger partial charge on any atom is 0.409 e. The Hall–Kier alpha value is -1.62. The van der Waals surface area contributed by atoms with Crippen LogP contribution < -0.4 is 10.5 Å². The highest BCUT2D eigenvalue weighted by Gasteiger charge is 2.23. The molecule has 1 aromatic carbocycles. The molecule has 0 aliphatic carbocycles. The average molecular weight is 252 g/mol. The Kier molecular flexibility index (Phi) is 3.81. The minimum Gasteiger partial charge on any atom is -0.410 e. The van der Waals surface area contributed by atoms with Gasteiger partial charge in [-0.2, -0.15) is 0 Å². The lowest BCUT2D eigenvalue weighted by Crippen LogP contribution is -2.31. The molecule has 1 aliphatic heterocycles. The van der Waals surface area contributed by atoms with Gasteiger partial charge in [-0.15, -0.1) is 0 Å². The molecule has 1 aromatic rings. The first-order valence-corrected chi connectivity index (χ1v) is 6.01. The number of benzene rings is 1. The van der Waals surface area contributed by atoms with Crippen LogP contribution in [0.15, 0.2) is 18.2 Å². The van der Waals surface area contributed by atoms with Gasteiger partial charge in [0.25, 0.3) is 0 Å². The molecule has 2 N–H and O–H groups in total. The van der Waals surface area contributed by atoms with Crippen molar-refractivity contribution in [3.8, 4) is 5.75 Å². The van der Waals surface area contributed by atoms with E-state index in [2.05, 4.69) is 4.90 Å². The summed E-state index contributed by atoms with van der Waals surface area (Å²) in [6, 6.07) is 4.17. The van der Waals surface area contributed by atoms with E-state index in [9.17, 15) is 9.18 Å². The highest BCUT2D eigenvalue weighted by molar-refractivity contribution is 5.68. The molecule has 18 heavy (non-hydrogen) atoms. The molecule has 1 amide bonds. The number of amides is 1. The summed E-state index contributed by atoms with van der Waals surface area (Å²) in [5.74, 6) is 0.216. The second kappa shape index (κ2) is 5.35. The molecule has 1 fully saturated rings. The third-order valence-corrected chi connectivity index (χ3v) is 3.25. The van der Waals surface area contributed by atoms with Gasteiger partial charge in [-0.25, -0.2) is 9.18 Å². The first kappa shape index (κ1) is 12.8. The zero-order valence-electron chi connectivity index (χ0n) is 10.4. The summed E-state index contributed by atoms with van der Waals surface area (Å²) in [6.07, 6.45) is 1.14. The summed E-state index contributed by atoms with van der Waals surface area (Å²) < 4.78 is 18.3. The first-order chi connectivity index (χ1) is 8.56. The summed E-state index contributed by atoms with van der Waals surface area (Å²) in [5.41, 5.74) is 5.75. The molecule has 0 radical (unpaired) electrons. The highest BCUT2D eigenvalue weighted by atomic mass is 19.1. The van der Waals surface area contributed by atoms with Crippen molar-refractivity contribution >= 4 is 6.09 Å². The Balaban J connectivity index is 2.28. The number of hydrogen-bond acceptors (Lipinski definition) is 3. The minimum atomic E-state index is -0.868. The number of carbonyl (C=O) groups excluding carboxylic acids is 1. The van der Waals surface area contributed by atoms with Crippen LogP contribution in [-0.2, 0) is 0 Å². The van der Waals surface area contributed by atoms with Crippen LogP contribution in [0, 0.1) is 5.82 Å². The summed E-state index contributed by atoms with van der Waals surface area (Å²) >= 11 is 0. The Morgan fingerprint density at radius 2 is 2.33 bits per heavy atom. The number of hydrogen-bond donors (Lipinski definition) is 1. The topological polar surface area (TPSA) is 55.6 Å². The summed E-state index contributed by atoms with van der Waals surface area (Å²) in [4.78, 5) is 13.0. The van der Waals surface area contributed by atoms with Gasteiger partial charge in [-0.1, -0.05) is 0 Å². The van der Waals surface area contributed by atoms with Crippen LogP contribution in [0.4, 0.5) is 9.18 Å². The number of halogens is 1. The predicted molar refractivity (Wildman–Crippen MR) is 66.1 cm³/mol. The third kappa shape index (κ3) is 2.98. The van der Waals surface area contributed by atoms with Crippen LogP contribution in [0.25, 0.3) is 0 Å². The molecule has 0 aromatic heterocycles. The molecule has 1 aliphatic rings. The zero-order valence-corrected chi connectivity index (χ0v) is 10.4. The van der Waals surface area contributed by atoms with Crippen LogP contribution >= 0.6 is 0 Å². The SMILES string of the molecule is CN1CCCC(c2cc(F)ccc2OC(N)=O)C1. The van der Waals surface area contributed by atoms with Gasteiger partial charge in [0.2, 0.25) is 0 Å². The summed E-state index contributed by atoms with van der Waals surface area (Å²) in [7, 11) is 2.03. The second-order valence-corrected chi connectivity index (χ2v) is 4.70. The molecule has 1 saturated heterocycles. The van der Waals surface area contributed by atoms with E-state index in [0.717, 1.165) is 31.5 Å². The van der Waals surface area contributed by atoms with Crippen molar-refractivity contribution in [2.75, 3.05) is 20.1 Å². The molecule has 1 atom stereocenters. The van der Waals surface area contributed by atoms with Gasteiger partial charge in [0, 0.05) is 18.0 Å². The van der Waals surface area contributed by atoms with Crippen LogP contribution in [0.5, 0.6) is 5.75 Å². The van der Waals surface area contributed by atoms with Crippen molar-refractivity contribution < 1.29 is 13.9 Å². The van der Waals surface area contributed by atoms with Crippen molar-refractivity contribution in [2.24, 2.45) is 5.73 Å². The van der Waals surface area contributed by atoms with E-state index in [1.54, 1.807) is 0 Å². The Labute approximate surface area is 106 Å². The standard InChI is InChI=1S/C13H17FN2O2/c1-16-6-2-3-9(8-16)11-7-10(14)4-5-12(11)18-13(15)17/h4-5,7,9H,2-3,6,8H2,1H3,(H2,15,17). The Bertz CT molecular complexity index is 451. The van der Waals surface area contributed by atoms with Crippen LogP contribution in [0.1, 0.15) is 24.3 Å². The quantitative estimate of drug-likeness (QED) is 0.876. The minimum absolute atomic E-state index is 0.175. The van der Waals surface area contributed by atoms with Crippen molar-refractivity contribution in [3.05, 3.63) is 29.6 Å². The first-order valence-electron chi connectivity index (χ1n) is 6.01. The van der Waals surface area contributed by atoms with Gasteiger partial charge in [0.1, 0.15) is 11.6 Å². The summed E-state index contributed by atoms with van der Waals surface area (Å²) in [5, 5.41) is 0. The number of rotatable bonds is 2. The van der Waals surface area contributed by atoms with Crippen molar-refractivity contribution in [1.29, 1.82) is 0 Å². The molecule has 4 nitrogen and oxygen atoms in total. The largest absolute Gasteiger partial charge is 0.410 e. The molecule has 2 rings (SSSR count). The van der Waals surface area contributed by atoms with E-state index < -0.39 is 6.09 Å². The van der Waals surface area contributed by atoms with Crippen LogP contribution in [-0.4, -0.2) is 31.1 Å². The molecule has 0 saturated carbocycles. The highest BCUT2D eigenvalue weighted by Crippen LogP contribution is 2.33. The number of ether oxygens (including phenoxy) is 1. The molecule has 5 heteroatoms. The fourth-order valence-corrected chi connectivity index (χ4v) is 2.46. The predicted octanol–water partition coefficient (Wildman–Crippen LogP) is 2.09. The number of carbonyl (C=O) groups is 1. The lowest BCUT2D eigenvalue weighted by Gasteiger charge is -2.30. The smallest absolute Gasteiger partial charge is 0.409 e. The van der Waals surface area contributed by atoms with Crippen molar-refractivity contribution in [2.45, 2.75) is 18.8 Å². The van der Waals surface area contributed by atoms with E-state index in [0.29, 0.717) is 5.75 Å². The third-order valence-electron chi connectivity index (χ3n) is 3.25. The van der Waals surface area contributed by atoms with E-state index in [-0.39, 0.29) is 11.7 Å². The number of nitrogens with zero attached hydrogens (tertiary/aromatic N) is 1. The van der Waals surface area contributed by atoms with E-state index in [1.807, 2.05) is 7.05 Å². The average Bonchev–Trinajstić information content (AvgIpc) is 2.31. The molecule has 1 unspecified atom stereocenters. The number of likely N-dealkylation sites (N-methyl/N-ethyl adjacent to an activating group) is 1. The van der Waals surface area contributed by atoms with E-state index in [4.69, 9.17) is 10.5 Å².